The Hall–Kier alpha value is -3.82. The molecule has 6 rings (SSSR count). The minimum Gasteiger partial charge on any atom is -0.454 e. The van der Waals surface area contributed by atoms with Gasteiger partial charge in [-0.15, -0.1) is 23.5 Å². The van der Waals surface area contributed by atoms with Gasteiger partial charge in [0.1, 0.15) is 0 Å². The summed E-state index contributed by atoms with van der Waals surface area (Å²) in [6.45, 7) is 0.188. The van der Waals surface area contributed by atoms with Crippen LogP contribution in [0.3, 0.4) is 0 Å². The van der Waals surface area contributed by atoms with Gasteiger partial charge in [-0.25, -0.2) is 4.79 Å². The topological polar surface area (TPSA) is 79.9 Å². The third-order valence-electron chi connectivity index (χ3n) is 6.07. The van der Waals surface area contributed by atoms with Crippen molar-refractivity contribution >= 4 is 52.5 Å². The van der Waals surface area contributed by atoms with Gasteiger partial charge in [-0.2, -0.15) is 0 Å². The van der Waals surface area contributed by atoms with Crippen LogP contribution >= 0.6 is 23.5 Å². The summed E-state index contributed by atoms with van der Waals surface area (Å²) in [6, 6.07) is 20.6. The Labute approximate surface area is 222 Å². The van der Waals surface area contributed by atoms with Gasteiger partial charge in [0.15, 0.2) is 11.5 Å². The highest BCUT2D eigenvalue weighted by Gasteiger charge is 2.36. The fourth-order valence-electron chi connectivity index (χ4n) is 4.39. The van der Waals surface area contributed by atoms with E-state index in [0.29, 0.717) is 22.9 Å². The largest absolute Gasteiger partial charge is 0.454 e. The van der Waals surface area contributed by atoms with Crippen molar-refractivity contribution in [2.24, 2.45) is 0 Å². The average molecular weight is 530 g/mol. The molecular formula is C28H23N3O4S2. The number of urea groups is 1. The lowest BCUT2D eigenvalue weighted by Crippen LogP contribution is -2.49. The van der Waals surface area contributed by atoms with Gasteiger partial charge in [0.05, 0.1) is 22.7 Å². The van der Waals surface area contributed by atoms with Crippen LogP contribution in [-0.4, -0.2) is 35.8 Å². The van der Waals surface area contributed by atoms with Crippen LogP contribution in [-0.2, 0) is 4.79 Å². The zero-order valence-electron chi connectivity index (χ0n) is 19.6. The lowest BCUT2D eigenvalue weighted by molar-refractivity contribution is -0.113. The van der Waals surface area contributed by atoms with E-state index in [1.54, 1.807) is 30.0 Å². The molecule has 3 aliphatic rings. The third kappa shape index (κ3) is 5.05. The van der Waals surface area contributed by atoms with Crippen LogP contribution < -0.4 is 25.0 Å². The number of hydrogen-bond acceptors (Lipinski definition) is 6. The molecule has 3 aromatic rings. The molecule has 2 atom stereocenters. The third-order valence-corrected chi connectivity index (χ3v) is 8.37. The Kier molecular flexibility index (Phi) is 6.55. The molecule has 7 nitrogen and oxygen atoms in total. The quantitative estimate of drug-likeness (QED) is 0.386. The van der Waals surface area contributed by atoms with E-state index in [1.165, 1.54) is 11.8 Å². The molecule has 0 aromatic heterocycles. The number of benzene rings is 3. The normalized spacial score (nSPS) is 18.6. The fourth-order valence-corrected chi connectivity index (χ4v) is 6.41. The first-order valence-electron chi connectivity index (χ1n) is 11.8. The maximum absolute atomic E-state index is 13.5. The van der Waals surface area contributed by atoms with Gasteiger partial charge < -0.3 is 20.1 Å². The number of fused-ring (bicyclic) bond motifs is 3. The van der Waals surface area contributed by atoms with Crippen molar-refractivity contribution < 1.29 is 19.1 Å². The summed E-state index contributed by atoms with van der Waals surface area (Å²) in [5.41, 5.74) is 2.23. The first kappa shape index (κ1) is 23.6. The molecule has 2 N–H and O–H groups in total. The summed E-state index contributed by atoms with van der Waals surface area (Å²) in [7, 11) is 0. The van der Waals surface area contributed by atoms with Gasteiger partial charge in [-0.05, 0) is 42.5 Å². The van der Waals surface area contributed by atoms with Crippen molar-refractivity contribution in [3.05, 3.63) is 91.0 Å². The number of ether oxygens (including phenoxy) is 2. The van der Waals surface area contributed by atoms with Crippen LogP contribution in [0.5, 0.6) is 11.5 Å². The number of thioether (sulfide) groups is 2. The van der Waals surface area contributed by atoms with Crippen molar-refractivity contribution in [3.63, 3.8) is 0 Å². The second-order valence-corrected chi connectivity index (χ2v) is 10.8. The number of carbonyl (C=O) groups is 2. The van der Waals surface area contributed by atoms with E-state index in [2.05, 4.69) is 28.9 Å². The standard InChI is InChI=1S/C28H23N3O4S2/c32-27(29-19-12-13-23-24(15-19)35-17-34-23)16-36-20-7-5-6-18(14-20)30-28(33)31-21-8-1-3-10-25(21)37-26-11-4-2-9-22(26)31/h1-15,21,25H,16-17H2,(H,29,32)(H,30,33). The van der Waals surface area contributed by atoms with Gasteiger partial charge >= 0.3 is 6.03 Å². The van der Waals surface area contributed by atoms with E-state index >= 15 is 0 Å². The van der Waals surface area contributed by atoms with Crippen molar-refractivity contribution in [1.82, 2.24) is 0 Å². The summed E-state index contributed by atoms with van der Waals surface area (Å²) < 4.78 is 10.7. The molecule has 3 aromatic carbocycles. The molecule has 1 aliphatic carbocycles. The molecule has 37 heavy (non-hydrogen) atoms. The zero-order valence-corrected chi connectivity index (χ0v) is 21.3. The van der Waals surface area contributed by atoms with Gasteiger partial charge in [0.2, 0.25) is 12.7 Å². The van der Waals surface area contributed by atoms with Crippen LogP contribution in [0.1, 0.15) is 0 Å². The Bertz CT molecular complexity index is 1420. The van der Waals surface area contributed by atoms with Crippen LogP contribution in [0, 0.1) is 0 Å². The number of nitrogens with one attached hydrogen (secondary N) is 2. The highest BCUT2D eigenvalue weighted by Crippen LogP contribution is 2.43. The van der Waals surface area contributed by atoms with Crippen LogP contribution in [0.25, 0.3) is 0 Å². The lowest BCUT2D eigenvalue weighted by atomic mass is 10.1. The molecule has 0 saturated carbocycles. The number of rotatable bonds is 5. The van der Waals surface area contributed by atoms with E-state index in [4.69, 9.17) is 9.47 Å². The Morgan fingerprint density at radius 3 is 2.70 bits per heavy atom. The molecule has 186 valence electrons. The minimum atomic E-state index is -0.189. The maximum atomic E-state index is 13.5. The molecule has 0 fully saturated rings. The van der Waals surface area contributed by atoms with E-state index in [-0.39, 0.29) is 35.8 Å². The second-order valence-electron chi connectivity index (χ2n) is 8.54. The van der Waals surface area contributed by atoms with E-state index in [0.717, 1.165) is 15.5 Å². The number of anilines is 3. The molecule has 3 amide bonds. The van der Waals surface area contributed by atoms with Gasteiger partial charge in [0, 0.05) is 27.2 Å². The number of amides is 3. The summed E-state index contributed by atoms with van der Waals surface area (Å²) in [4.78, 5) is 29.8. The molecule has 0 spiro atoms. The van der Waals surface area contributed by atoms with Gasteiger partial charge in [0.25, 0.3) is 0 Å². The Balaban J connectivity index is 1.11. The molecule has 9 heteroatoms. The first-order valence-corrected chi connectivity index (χ1v) is 13.6. The van der Waals surface area contributed by atoms with Crippen LogP contribution in [0.15, 0.2) is 101 Å². The molecule has 2 heterocycles. The zero-order chi connectivity index (χ0) is 25.2. The number of para-hydroxylation sites is 1. The first-order chi connectivity index (χ1) is 18.1. The molecule has 0 saturated heterocycles. The minimum absolute atomic E-state index is 0.0673. The number of hydrogen-bond donors (Lipinski definition) is 2. The molecule has 2 unspecified atom stereocenters. The van der Waals surface area contributed by atoms with E-state index < -0.39 is 0 Å². The lowest BCUT2D eigenvalue weighted by Gasteiger charge is -2.40. The highest BCUT2D eigenvalue weighted by atomic mass is 32.2. The number of nitrogens with zero attached hydrogens (tertiary/aromatic N) is 1. The molecule has 2 aliphatic heterocycles. The van der Waals surface area contributed by atoms with Gasteiger partial charge in [-0.3, -0.25) is 9.69 Å². The van der Waals surface area contributed by atoms with Crippen molar-refractivity contribution in [1.29, 1.82) is 0 Å². The monoisotopic (exact) mass is 529 g/mol. The van der Waals surface area contributed by atoms with Crippen molar-refractivity contribution in [2.45, 2.75) is 21.1 Å². The summed E-state index contributed by atoms with van der Waals surface area (Å²) >= 11 is 3.17. The van der Waals surface area contributed by atoms with Crippen LogP contribution in [0.2, 0.25) is 0 Å². The summed E-state index contributed by atoms with van der Waals surface area (Å²) in [6.07, 6.45) is 8.22. The molecular weight excluding hydrogens is 506 g/mol. The average Bonchev–Trinajstić information content (AvgIpc) is 3.39. The van der Waals surface area contributed by atoms with E-state index in [1.807, 2.05) is 59.5 Å². The smallest absolute Gasteiger partial charge is 0.326 e. The van der Waals surface area contributed by atoms with Gasteiger partial charge in [-0.1, -0.05) is 42.5 Å². The van der Waals surface area contributed by atoms with Crippen molar-refractivity contribution in [3.8, 4) is 11.5 Å². The summed E-state index contributed by atoms with van der Waals surface area (Å²) in [5.74, 6) is 1.38. The van der Waals surface area contributed by atoms with E-state index in [9.17, 15) is 9.59 Å². The predicted molar refractivity (Wildman–Crippen MR) is 148 cm³/mol. The number of allylic oxidation sites excluding steroid dienone is 2. The van der Waals surface area contributed by atoms with Crippen LogP contribution in [0.4, 0.5) is 21.9 Å². The number of carbonyl (C=O) groups excluding carboxylic acids is 2. The second kappa shape index (κ2) is 10.3. The predicted octanol–water partition coefficient (Wildman–Crippen LogP) is 6.15. The highest BCUT2D eigenvalue weighted by molar-refractivity contribution is 8.00. The maximum Gasteiger partial charge on any atom is 0.326 e. The molecule has 0 radical (unpaired) electrons. The Morgan fingerprint density at radius 1 is 0.919 bits per heavy atom. The van der Waals surface area contributed by atoms with Crippen molar-refractivity contribution in [2.75, 3.05) is 28.1 Å². The summed E-state index contributed by atoms with van der Waals surface area (Å²) in [5, 5.41) is 6.10. The fraction of sp³-hybridized carbons (Fsp3) is 0.143. The Morgan fingerprint density at radius 2 is 1.76 bits per heavy atom. The SMILES string of the molecule is O=C(CSc1cccc(NC(=O)N2c3ccccc3SC3C=CC=CC32)c1)Nc1ccc2c(c1)OCO2. The molecule has 0 bridgehead atoms.